The van der Waals surface area contributed by atoms with Gasteiger partial charge in [-0.1, -0.05) is 17.8 Å². The van der Waals surface area contributed by atoms with Gasteiger partial charge in [0.25, 0.3) is 0 Å². The maximum absolute atomic E-state index is 10.0. The van der Waals surface area contributed by atoms with Gasteiger partial charge in [0.2, 0.25) is 0 Å². The van der Waals surface area contributed by atoms with E-state index in [0.29, 0.717) is 11.6 Å². The predicted octanol–water partition coefficient (Wildman–Crippen LogP) is -0.939. The summed E-state index contributed by atoms with van der Waals surface area (Å²) >= 11 is 1.35. The molecule has 2 rings (SSSR count). The summed E-state index contributed by atoms with van der Waals surface area (Å²) in [7, 11) is 1.73. The molecule has 2 heterocycles. The highest BCUT2D eigenvalue weighted by Gasteiger charge is 2.49. The first kappa shape index (κ1) is 13.8. The van der Waals surface area contributed by atoms with Crippen molar-refractivity contribution >= 4 is 16.9 Å². The minimum absolute atomic E-state index is 0.302. The molecule has 0 radical (unpaired) electrons. The van der Waals surface area contributed by atoms with Crippen LogP contribution < -0.4 is 5.32 Å². The predicted molar refractivity (Wildman–Crippen MR) is 69.4 cm³/mol. The van der Waals surface area contributed by atoms with Crippen LogP contribution >= 0.6 is 11.8 Å². The average molecular weight is 274 g/mol. The molecule has 2 aliphatic heterocycles. The molecule has 0 aromatic rings. The normalized spacial score (nSPS) is 40.9. The van der Waals surface area contributed by atoms with Crippen molar-refractivity contribution in [3.8, 4) is 0 Å². The Balaban J connectivity index is 2.10. The van der Waals surface area contributed by atoms with Crippen LogP contribution in [0.4, 0.5) is 0 Å². The number of nitrogens with zero attached hydrogens (tertiary/aromatic N) is 1. The summed E-state index contributed by atoms with van der Waals surface area (Å²) in [6.07, 6.45) is -2.04. The number of nitrogens with one attached hydrogen (secondary N) is 1. The highest BCUT2D eigenvalue weighted by Crippen LogP contribution is 2.36. The molecule has 102 valence electrons. The van der Waals surface area contributed by atoms with Crippen LogP contribution in [0.2, 0.25) is 0 Å². The van der Waals surface area contributed by atoms with Crippen LogP contribution in [-0.4, -0.2) is 63.4 Å². The van der Waals surface area contributed by atoms with Gasteiger partial charge in [-0.15, -0.1) is 6.58 Å². The lowest BCUT2D eigenvalue weighted by Crippen LogP contribution is -2.58. The van der Waals surface area contributed by atoms with E-state index in [2.05, 4.69) is 16.9 Å². The second-order valence-corrected chi connectivity index (χ2v) is 5.42. The molecule has 1 saturated heterocycles. The molecular formula is C11H18N2O4S. The zero-order valence-corrected chi connectivity index (χ0v) is 10.9. The van der Waals surface area contributed by atoms with Crippen LogP contribution in [-0.2, 0) is 4.74 Å². The van der Waals surface area contributed by atoms with Gasteiger partial charge in [-0.05, 0) is 6.42 Å². The molecular weight excluding hydrogens is 256 g/mol. The molecule has 4 N–H and O–H groups in total. The highest BCUT2D eigenvalue weighted by atomic mass is 32.2. The largest absolute Gasteiger partial charge is 0.390 e. The van der Waals surface area contributed by atoms with Crippen LogP contribution in [0.15, 0.2) is 17.6 Å². The summed E-state index contributed by atoms with van der Waals surface area (Å²) in [5.41, 5.74) is -0.379. The Morgan fingerprint density at radius 1 is 1.56 bits per heavy atom. The third-order valence-corrected chi connectivity index (χ3v) is 4.26. The Kier molecular flexibility index (Phi) is 4.29. The fraction of sp³-hybridized carbons (Fsp3) is 0.727. The number of thioether (sulfide) groups is 1. The van der Waals surface area contributed by atoms with Gasteiger partial charge >= 0.3 is 0 Å². The average Bonchev–Trinajstić information content (AvgIpc) is 2.77. The molecule has 0 aliphatic carbocycles. The van der Waals surface area contributed by atoms with Crippen molar-refractivity contribution in [2.45, 2.75) is 42.3 Å². The minimum Gasteiger partial charge on any atom is -0.390 e. The molecule has 7 heteroatoms. The maximum atomic E-state index is 10.0. The van der Waals surface area contributed by atoms with E-state index in [9.17, 15) is 15.3 Å². The van der Waals surface area contributed by atoms with Gasteiger partial charge in [0.15, 0.2) is 5.17 Å². The first-order valence-corrected chi connectivity index (χ1v) is 6.69. The smallest absolute Gasteiger partial charge is 0.159 e. The Morgan fingerprint density at radius 3 is 2.89 bits per heavy atom. The lowest BCUT2D eigenvalue weighted by molar-refractivity contribution is -0.184. The summed E-state index contributed by atoms with van der Waals surface area (Å²) in [6.45, 7) is 3.53. The van der Waals surface area contributed by atoms with Crippen molar-refractivity contribution in [2.24, 2.45) is 4.99 Å². The molecule has 0 spiro atoms. The molecule has 6 nitrogen and oxygen atoms in total. The number of amidine groups is 1. The van der Waals surface area contributed by atoms with Crippen molar-refractivity contribution in [3.63, 3.8) is 0 Å². The molecule has 5 unspecified atom stereocenters. The number of hydrogen-bond acceptors (Lipinski definition) is 7. The van der Waals surface area contributed by atoms with Gasteiger partial charge in [-0.3, -0.25) is 4.99 Å². The fourth-order valence-electron chi connectivity index (χ4n) is 2.13. The summed E-state index contributed by atoms with van der Waals surface area (Å²) < 4.78 is 5.64. The van der Waals surface area contributed by atoms with E-state index >= 15 is 0 Å². The quantitative estimate of drug-likeness (QED) is 0.496. The summed E-state index contributed by atoms with van der Waals surface area (Å²) in [6, 6.07) is -0.500. The Bertz CT molecular complexity index is 352. The van der Waals surface area contributed by atoms with E-state index in [1.54, 1.807) is 13.1 Å². The van der Waals surface area contributed by atoms with Gasteiger partial charge in [-0.2, -0.15) is 0 Å². The first-order chi connectivity index (χ1) is 8.58. The molecule has 0 bridgehead atoms. The van der Waals surface area contributed by atoms with E-state index in [-0.39, 0.29) is 5.44 Å². The molecule has 6 atom stereocenters. The van der Waals surface area contributed by atoms with Gasteiger partial charge in [0.05, 0.1) is 6.10 Å². The van der Waals surface area contributed by atoms with Crippen LogP contribution in [0.1, 0.15) is 6.42 Å². The number of rotatable bonds is 3. The Morgan fingerprint density at radius 2 is 2.28 bits per heavy atom. The van der Waals surface area contributed by atoms with Crippen molar-refractivity contribution < 1.29 is 20.1 Å². The molecule has 0 aromatic heterocycles. The van der Waals surface area contributed by atoms with Gasteiger partial charge in [0, 0.05) is 7.05 Å². The fourth-order valence-corrected chi connectivity index (χ4v) is 3.20. The maximum Gasteiger partial charge on any atom is 0.159 e. The van der Waals surface area contributed by atoms with Crippen LogP contribution in [0.3, 0.4) is 0 Å². The molecule has 1 fully saturated rings. The van der Waals surface area contributed by atoms with Crippen molar-refractivity contribution in [1.29, 1.82) is 0 Å². The third-order valence-electron chi connectivity index (χ3n) is 3.10. The zero-order chi connectivity index (χ0) is 13.3. The lowest BCUT2D eigenvalue weighted by atomic mass is 9.94. The third kappa shape index (κ3) is 2.41. The summed E-state index contributed by atoms with van der Waals surface area (Å²) in [4.78, 5) is 4.23. The van der Waals surface area contributed by atoms with Crippen molar-refractivity contribution in [2.75, 3.05) is 7.05 Å². The van der Waals surface area contributed by atoms with Crippen molar-refractivity contribution in [1.82, 2.24) is 5.32 Å². The second-order valence-electron chi connectivity index (χ2n) is 4.33. The number of fused-ring (bicyclic) bond motifs is 1. The van der Waals surface area contributed by atoms with E-state index < -0.39 is 30.5 Å². The summed E-state index contributed by atoms with van der Waals surface area (Å²) in [5.74, 6) is 0. The topological polar surface area (TPSA) is 94.3 Å². The number of aliphatic hydroxyl groups excluding tert-OH is 3. The zero-order valence-electron chi connectivity index (χ0n) is 10.1. The number of aliphatic imine (C=N–C) groups is 1. The van der Waals surface area contributed by atoms with E-state index in [4.69, 9.17) is 4.74 Å². The number of ether oxygens (including phenoxy) is 1. The van der Waals surface area contributed by atoms with Crippen LogP contribution in [0.25, 0.3) is 0 Å². The second kappa shape index (κ2) is 5.58. The summed E-state index contributed by atoms with van der Waals surface area (Å²) in [5, 5.41) is 33.4. The monoisotopic (exact) mass is 274 g/mol. The van der Waals surface area contributed by atoms with Crippen LogP contribution in [0.5, 0.6) is 0 Å². The Hall–Kier alpha value is -0.600. The lowest BCUT2D eigenvalue weighted by Gasteiger charge is -2.40. The molecule has 0 aromatic carbocycles. The highest BCUT2D eigenvalue weighted by molar-refractivity contribution is 8.14. The van der Waals surface area contributed by atoms with E-state index in [1.165, 1.54) is 11.8 Å². The standard InChI is InChI=1S/C11H18N2O4S/c1-3-4-5(14)9-8(16)7(15)6-10(17-9)18-11(12-2)13-6/h3,5-10,14-16H,1,4H2,2H3,(H,12,13)/t5-,6?,7?,8?,9?,10?/m1/s1. The number of hydrogen-bond donors (Lipinski definition) is 4. The molecule has 0 saturated carbocycles. The molecule has 2 aliphatic rings. The van der Waals surface area contributed by atoms with Crippen molar-refractivity contribution in [3.05, 3.63) is 12.7 Å². The van der Waals surface area contributed by atoms with E-state index in [0.717, 1.165) is 0 Å². The Labute approximate surface area is 110 Å². The van der Waals surface area contributed by atoms with Crippen LogP contribution in [0, 0.1) is 0 Å². The van der Waals surface area contributed by atoms with Gasteiger partial charge in [-0.25, -0.2) is 0 Å². The SMILES string of the molecule is C=CC[C@@H](O)C1OC2SC(NC)=NC2C(O)C1O. The van der Waals surface area contributed by atoms with E-state index in [1.807, 2.05) is 0 Å². The van der Waals surface area contributed by atoms with Gasteiger partial charge < -0.3 is 25.4 Å². The molecule has 18 heavy (non-hydrogen) atoms. The first-order valence-electron chi connectivity index (χ1n) is 5.81. The number of aliphatic hydroxyl groups is 3. The minimum atomic E-state index is -1.15. The molecule has 0 amide bonds. The van der Waals surface area contributed by atoms with Gasteiger partial charge in [0.1, 0.15) is 29.8 Å².